The van der Waals surface area contributed by atoms with Crippen molar-refractivity contribution >= 4 is 10.1 Å². The van der Waals surface area contributed by atoms with Crippen molar-refractivity contribution < 1.29 is 18.2 Å². The molecule has 0 aromatic carbocycles. The molecule has 0 spiro atoms. The third kappa shape index (κ3) is 3.15. The summed E-state index contributed by atoms with van der Waals surface area (Å²) in [6, 6.07) is -0.381. The van der Waals surface area contributed by atoms with Gasteiger partial charge in [-0.3, -0.25) is 0 Å². The van der Waals surface area contributed by atoms with Crippen molar-refractivity contribution in [2.45, 2.75) is 32.2 Å². The van der Waals surface area contributed by atoms with Crippen LogP contribution in [-0.4, -0.2) is 34.7 Å². The molecular weight excluding hydrogens is 170 g/mol. The van der Waals surface area contributed by atoms with Gasteiger partial charge in [-0.05, 0) is 20.8 Å². The van der Waals surface area contributed by atoms with E-state index in [1.807, 2.05) is 0 Å². The minimum atomic E-state index is -4.42. The zero-order chi connectivity index (χ0) is 9.23. The van der Waals surface area contributed by atoms with E-state index < -0.39 is 15.5 Å². The Labute approximate surface area is 66.3 Å². The van der Waals surface area contributed by atoms with E-state index in [1.54, 1.807) is 13.8 Å². The first-order valence-electron chi connectivity index (χ1n) is 3.18. The molecule has 0 radical (unpaired) electrons. The lowest BCUT2D eigenvalue weighted by molar-refractivity contribution is -0.126. The summed E-state index contributed by atoms with van der Waals surface area (Å²) in [6.07, 6.45) is 0. The molecule has 0 bridgehead atoms. The van der Waals surface area contributed by atoms with Crippen LogP contribution >= 0.6 is 0 Å². The van der Waals surface area contributed by atoms with E-state index in [2.05, 4.69) is 0 Å². The van der Waals surface area contributed by atoms with E-state index >= 15 is 0 Å². The van der Waals surface area contributed by atoms with Gasteiger partial charge >= 0.3 is 0 Å². The Bertz CT molecular complexity index is 211. The number of nitrogens with zero attached hydrogens (tertiary/aromatic N) is 1. The average molecular weight is 182 g/mol. The Morgan fingerprint density at radius 2 is 1.73 bits per heavy atom. The molecule has 5 nitrogen and oxygen atoms in total. The first-order valence-corrected chi connectivity index (χ1v) is 4.66. The fourth-order valence-corrected chi connectivity index (χ4v) is 1.06. The topological polar surface area (TPSA) is 80.7 Å². The Balaban J connectivity index is 4.38. The van der Waals surface area contributed by atoms with Crippen molar-refractivity contribution in [2.75, 3.05) is 0 Å². The second-order valence-electron chi connectivity index (χ2n) is 2.57. The Morgan fingerprint density at radius 3 is 1.82 bits per heavy atom. The van der Waals surface area contributed by atoms with Crippen molar-refractivity contribution in [1.82, 2.24) is 5.06 Å². The zero-order valence-corrected chi connectivity index (χ0v) is 7.50. The highest BCUT2D eigenvalue weighted by atomic mass is 32.2. The third-order valence-electron chi connectivity index (χ3n) is 1.32. The van der Waals surface area contributed by atoms with E-state index in [1.165, 1.54) is 0 Å². The lowest BCUT2D eigenvalue weighted by Gasteiger charge is -2.27. The highest BCUT2D eigenvalue weighted by Crippen LogP contribution is 2.05. The van der Waals surface area contributed by atoms with Crippen molar-refractivity contribution in [1.29, 1.82) is 0 Å². The molecule has 0 aliphatic rings. The summed E-state index contributed by atoms with van der Waals surface area (Å²) in [5.41, 5.74) is 0. The maximum Gasteiger partial charge on any atom is 0.122 e. The van der Waals surface area contributed by atoms with Crippen LogP contribution in [0.2, 0.25) is 0 Å². The van der Waals surface area contributed by atoms with Crippen LogP contribution in [0.5, 0.6) is 0 Å². The summed E-state index contributed by atoms with van der Waals surface area (Å²) in [5.74, 6) is 0. The molecule has 1 atom stereocenters. The first kappa shape index (κ1) is 10.8. The Hall–Kier alpha value is -0.170. The number of hydrogen-bond donors (Lipinski definition) is 1. The lowest BCUT2D eigenvalue weighted by Crippen LogP contribution is -2.40. The van der Waals surface area contributed by atoms with Crippen molar-refractivity contribution in [3.63, 3.8) is 0 Å². The minimum Gasteiger partial charge on any atom is -0.747 e. The second-order valence-corrected chi connectivity index (χ2v) is 4.23. The van der Waals surface area contributed by atoms with Crippen molar-refractivity contribution in [2.24, 2.45) is 0 Å². The van der Waals surface area contributed by atoms with Crippen molar-refractivity contribution in [3.05, 3.63) is 0 Å². The lowest BCUT2D eigenvalue weighted by atomic mass is 10.4. The number of rotatable bonds is 3. The van der Waals surface area contributed by atoms with Crippen LogP contribution in [0.3, 0.4) is 0 Å². The summed E-state index contributed by atoms with van der Waals surface area (Å²) in [6.45, 7) is 4.31. The predicted octanol–water partition coefficient (Wildman–Crippen LogP) is -0.0228. The van der Waals surface area contributed by atoms with Crippen LogP contribution in [0.25, 0.3) is 0 Å². The molecule has 0 amide bonds. The van der Waals surface area contributed by atoms with E-state index in [0.717, 1.165) is 6.92 Å². The molecule has 0 fully saturated rings. The van der Waals surface area contributed by atoms with E-state index in [4.69, 9.17) is 5.21 Å². The molecule has 0 aromatic heterocycles. The maximum atomic E-state index is 10.3. The maximum absolute atomic E-state index is 10.3. The van der Waals surface area contributed by atoms with E-state index in [0.29, 0.717) is 5.06 Å². The van der Waals surface area contributed by atoms with Gasteiger partial charge in [0.05, 0.1) is 0 Å². The number of hydroxylamine groups is 2. The molecule has 0 rings (SSSR count). The van der Waals surface area contributed by atoms with Gasteiger partial charge < -0.3 is 9.76 Å². The monoisotopic (exact) mass is 182 g/mol. The van der Waals surface area contributed by atoms with Gasteiger partial charge in [-0.25, -0.2) is 8.42 Å². The van der Waals surface area contributed by atoms with Crippen LogP contribution < -0.4 is 0 Å². The molecule has 68 valence electrons. The summed E-state index contributed by atoms with van der Waals surface area (Å²) in [7, 11) is -4.42. The first-order chi connectivity index (χ1) is 4.76. The summed E-state index contributed by atoms with van der Waals surface area (Å²) >= 11 is 0. The fourth-order valence-electron chi connectivity index (χ4n) is 0.552. The standard InChI is InChI=1S/C5H13NO4S/c1-4(2)6(7)5(3)11(8,9)10/h4-5,7H,1-3H3,(H,8,9,10)/p-1. The Morgan fingerprint density at radius 1 is 1.36 bits per heavy atom. The average Bonchev–Trinajstić information content (AvgIpc) is 1.82. The highest BCUT2D eigenvalue weighted by molar-refractivity contribution is 7.86. The molecular formula is C5H12NO4S-. The molecule has 6 heteroatoms. The van der Waals surface area contributed by atoms with Gasteiger partial charge in [0.15, 0.2) is 0 Å². The molecule has 0 saturated heterocycles. The van der Waals surface area contributed by atoms with Gasteiger partial charge in [0.1, 0.15) is 15.5 Å². The van der Waals surface area contributed by atoms with Crippen molar-refractivity contribution in [3.8, 4) is 0 Å². The summed E-state index contributed by atoms with van der Waals surface area (Å²) in [5, 5.41) is 8.11. The van der Waals surface area contributed by atoms with Gasteiger partial charge in [0.2, 0.25) is 0 Å². The minimum absolute atomic E-state index is 0.381. The van der Waals surface area contributed by atoms with Gasteiger partial charge in [-0.15, -0.1) is 0 Å². The van der Waals surface area contributed by atoms with Gasteiger partial charge in [-0.2, -0.15) is 5.06 Å². The highest BCUT2D eigenvalue weighted by Gasteiger charge is 2.19. The van der Waals surface area contributed by atoms with E-state index in [9.17, 15) is 13.0 Å². The van der Waals surface area contributed by atoms with Crippen LogP contribution in [0, 0.1) is 0 Å². The quantitative estimate of drug-likeness (QED) is 0.490. The molecule has 0 heterocycles. The Kier molecular flexibility index (Phi) is 3.43. The predicted molar refractivity (Wildman–Crippen MR) is 37.9 cm³/mol. The molecule has 0 aliphatic carbocycles. The molecule has 0 aromatic rings. The van der Waals surface area contributed by atoms with Gasteiger partial charge in [0, 0.05) is 6.04 Å². The fraction of sp³-hybridized carbons (Fsp3) is 1.00. The summed E-state index contributed by atoms with van der Waals surface area (Å²) in [4.78, 5) is 0. The molecule has 0 aliphatic heterocycles. The largest absolute Gasteiger partial charge is 0.747 e. The third-order valence-corrected chi connectivity index (χ3v) is 2.37. The molecule has 1 unspecified atom stereocenters. The molecule has 0 saturated carbocycles. The molecule has 11 heavy (non-hydrogen) atoms. The van der Waals surface area contributed by atoms with E-state index in [-0.39, 0.29) is 6.04 Å². The SMILES string of the molecule is CC(C)N(O)C(C)S(=O)(=O)[O-]. The van der Waals surface area contributed by atoms with Gasteiger partial charge in [-0.1, -0.05) is 0 Å². The van der Waals surface area contributed by atoms with Crippen LogP contribution in [0.15, 0.2) is 0 Å². The van der Waals surface area contributed by atoms with Crippen LogP contribution in [0.4, 0.5) is 0 Å². The smallest absolute Gasteiger partial charge is 0.122 e. The second kappa shape index (κ2) is 3.48. The van der Waals surface area contributed by atoms with Crippen LogP contribution in [-0.2, 0) is 10.1 Å². The number of hydrogen-bond acceptors (Lipinski definition) is 5. The zero-order valence-electron chi connectivity index (χ0n) is 6.68. The van der Waals surface area contributed by atoms with Crippen LogP contribution in [0.1, 0.15) is 20.8 Å². The summed E-state index contributed by atoms with van der Waals surface area (Å²) < 4.78 is 31.0. The normalized spacial score (nSPS) is 15.9. The van der Waals surface area contributed by atoms with Gasteiger partial charge in [0.25, 0.3) is 0 Å². The molecule has 1 N–H and O–H groups in total.